The van der Waals surface area contributed by atoms with Gasteiger partial charge < -0.3 is 5.32 Å². The minimum Gasteiger partial charge on any atom is -0.340 e. The molecule has 3 amide bonds. The van der Waals surface area contributed by atoms with Crippen molar-refractivity contribution in [1.82, 2.24) is 20.5 Å². The Kier molecular flexibility index (Phi) is 9.34. The Morgan fingerprint density at radius 2 is 1.50 bits per heavy atom. The average molecular weight is 489 g/mol. The van der Waals surface area contributed by atoms with Gasteiger partial charge in [0.05, 0.1) is 4.90 Å². The van der Waals surface area contributed by atoms with Crippen molar-refractivity contribution in [2.75, 3.05) is 13.1 Å². The van der Waals surface area contributed by atoms with Crippen molar-refractivity contribution < 1.29 is 22.8 Å². The van der Waals surface area contributed by atoms with Crippen LogP contribution in [-0.4, -0.2) is 49.6 Å². The van der Waals surface area contributed by atoms with E-state index in [0.717, 1.165) is 5.56 Å². The molecule has 0 aliphatic rings. The first-order valence-electron chi connectivity index (χ1n) is 11.1. The molecular formula is C24H32N4O5S. The number of carbonyl (C=O) groups excluding carboxylic acids is 3. The predicted molar refractivity (Wildman–Crippen MR) is 129 cm³/mol. The van der Waals surface area contributed by atoms with Crippen LogP contribution in [0.5, 0.6) is 0 Å². The Morgan fingerprint density at radius 3 is 2.06 bits per heavy atom. The lowest BCUT2D eigenvalue weighted by molar-refractivity contribution is -0.124. The highest BCUT2D eigenvalue weighted by molar-refractivity contribution is 7.89. The summed E-state index contributed by atoms with van der Waals surface area (Å²) >= 11 is 0. The van der Waals surface area contributed by atoms with E-state index in [4.69, 9.17) is 0 Å². The third-order valence-electron chi connectivity index (χ3n) is 5.29. The standard InChI is InChI=1S/C24H32N4O5S/c1-6-28(7-2)34(32,33)20-10-8-9-19(15-20)22(29)25-21(16(3)4)24(31)27-26-23(30)18-13-11-17(5)12-14-18/h8-16,21H,6-7H2,1-5H3,(H,25,29)(H,26,30)(H,27,31). The molecule has 0 aliphatic carbocycles. The summed E-state index contributed by atoms with van der Waals surface area (Å²) in [6, 6.07) is 11.5. The van der Waals surface area contributed by atoms with E-state index in [1.54, 1.807) is 52.0 Å². The van der Waals surface area contributed by atoms with Crippen molar-refractivity contribution in [3.63, 3.8) is 0 Å². The van der Waals surface area contributed by atoms with Crippen molar-refractivity contribution >= 4 is 27.7 Å². The Hall–Kier alpha value is -3.24. The first-order valence-corrected chi connectivity index (χ1v) is 12.5. The number of aryl methyl sites for hydroxylation is 1. The summed E-state index contributed by atoms with van der Waals surface area (Å²) in [7, 11) is -3.74. The van der Waals surface area contributed by atoms with E-state index in [1.807, 2.05) is 6.92 Å². The number of nitrogens with one attached hydrogen (secondary N) is 3. The third kappa shape index (κ3) is 6.64. The fourth-order valence-corrected chi connectivity index (χ4v) is 4.75. The lowest BCUT2D eigenvalue weighted by Crippen LogP contribution is -2.54. The van der Waals surface area contributed by atoms with Crippen molar-refractivity contribution in [2.24, 2.45) is 5.92 Å². The molecule has 34 heavy (non-hydrogen) atoms. The summed E-state index contributed by atoms with van der Waals surface area (Å²) < 4.78 is 26.9. The number of hydrogen-bond acceptors (Lipinski definition) is 5. The van der Waals surface area contributed by atoms with Crippen LogP contribution < -0.4 is 16.2 Å². The topological polar surface area (TPSA) is 125 Å². The van der Waals surface area contributed by atoms with Gasteiger partial charge in [0.2, 0.25) is 10.0 Å². The Morgan fingerprint density at radius 1 is 0.882 bits per heavy atom. The van der Waals surface area contributed by atoms with Crippen LogP contribution in [0, 0.1) is 12.8 Å². The maximum atomic E-state index is 12.9. The molecule has 0 radical (unpaired) electrons. The van der Waals surface area contributed by atoms with Crippen LogP contribution in [0.1, 0.15) is 54.0 Å². The van der Waals surface area contributed by atoms with Gasteiger partial charge in [-0.05, 0) is 43.2 Å². The second-order valence-electron chi connectivity index (χ2n) is 8.12. The average Bonchev–Trinajstić information content (AvgIpc) is 2.81. The minimum absolute atomic E-state index is 0.000223. The SMILES string of the molecule is CCN(CC)S(=O)(=O)c1cccc(C(=O)NC(C(=O)NNC(=O)c2ccc(C)cc2)C(C)C)c1. The molecule has 0 spiro atoms. The molecule has 0 aliphatic heterocycles. The van der Waals surface area contributed by atoms with E-state index in [-0.39, 0.29) is 16.4 Å². The highest BCUT2D eigenvalue weighted by Crippen LogP contribution is 2.17. The van der Waals surface area contributed by atoms with Crippen LogP contribution in [0.25, 0.3) is 0 Å². The lowest BCUT2D eigenvalue weighted by atomic mass is 10.0. The van der Waals surface area contributed by atoms with Gasteiger partial charge in [0.1, 0.15) is 6.04 Å². The maximum absolute atomic E-state index is 12.9. The molecule has 0 bridgehead atoms. The van der Waals surface area contributed by atoms with E-state index in [1.165, 1.54) is 28.6 Å². The van der Waals surface area contributed by atoms with E-state index in [2.05, 4.69) is 16.2 Å². The van der Waals surface area contributed by atoms with Gasteiger partial charge in [-0.2, -0.15) is 4.31 Å². The zero-order chi connectivity index (χ0) is 25.5. The Labute approximate surface area is 200 Å². The number of sulfonamides is 1. The fraction of sp³-hybridized carbons (Fsp3) is 0.375. The second-order valence-corrected chi connectivity index (χ2v) is 10.1. The van der Waals surface area contributed by atoms with Gasteiger partial charge in [-0.25, -0.2) is 8.42 Å². The second kappa shape index (κ2) is 11.8. The van der Waals surface area contributed by atoms with Gasteiger partial charge in [-0.3, -0.25) is 25.2 Å². The van der Waals surface area contributed by atoms with Crippen LogP contribution in [0.3, 0.4) is 0 Å². The zero-order valence-corrected chi connectivity index (χ0v) is 20.9. The zero-order valence-electron chi connectivity index (χ0n) is 20.1. The molecule has 3 N–H and O–H groups in total. The molecular weight excluding hydrogens is 456 g/mol. The number of carbonyl (C=O) groups is 3. The summed E-state index contributed by atoms with van der Waals surface area (Å²) in [5.74, 6) is -2.00. The van der Waals surface area contributed by atoms with E-state index in [0.29, 0.717) is 18.7 Å². The number of amides is 3. The summed E-state index contributed by atoms with van der Waals surface area (Å²) in [6.45, 7) is 9.47. The molecule has 184 valence electrons. The fourth-order valence-electron chi connectivity index (χ4n) is 3.24. The number of nitrogens with zero attached hydrogens (tertiary/aromatic N) is 1. The Bertz CT molecular complexity index is 1130. The molecule has 10 heteroatoms. The monoisotopic (exact) mass is 488 g/mol. The summed E-state index contributed by atoms with van der Waals surface area (Å²) in [5.41, 5.74) is 6.17. The predicted octanol–water partition coefficient (Wildman–Crippen LogP) is 2.24. The van der Waals surface area contributed by atoms with Gasteiger partial charge in [-0.1, -0.05) is 51.5 Å². The first kappa shape index (κ1) is 27.0. The smallest absolute Gasteiger partial charge is 0.269 e. The molecule has 0 aromatic heterocycles. The van der Waals surface area contributed by atoms with Gasteiger partial charge in [0.25, 0.3) is 17.7 Å². The number of benzene rings is 2. The van der Waals surface area contributed by atoms with Crippen molar-refractivity contribution in [3.05, 3.63) is 65.2 Å². The van der Waals surface area contributed by atoms with Gasteiger partial charge >= 0.3 is 0 Å². The van der Waals surface area contributed by atoms with E-state index >= 15 is 0 Å². The molecule has 2 aromatic carbocycles. The van der Waals surface area contributed by atoms with Crippen molar-refractivity contribution in [1.29, 1.82) is 0 Å². The van der Waals surface area contributed by atoms with Crippen LogP contribution >= 0.6 is 0 Å². The molecule has 1 unspecified atom stereocenters. The molecule has 0 saturated carbocycles. The highest BCUT2D eigenvalue weighted by atomic mass is 32.2. The van der Waals surface area contributed by atoms with Crippen LogP contribution in [0.15, 0.2) is 53.4 Å². The number of rotatable bonds is 9. The van der Waals surface area contributed by atoms with E-state index < -0.39 is 33.8 Å². The van der Waals surface area contributed by atoms with Crippen LogP contribution in [-0.2, 0) is 14.8 Å². The van der Waals surface area contributed by atoms with Crippen LogP contribution in [0.2, 0.25) is 0 Å². The van der Waals surface area contributed by atoms with Crippen molar-refractivity contribution in [3.8, 4) is 0 Å². The normalized spacial score (nSPS) is 12.3. The summed E-state index contributed by atoms with van der Waals surface area (Å²) in [5, 5.41) is 2.63. The quantitative estimate of drug-likeness (QED) is 0.467. The molecule has 0 saturated heterocycles. The maximum Gasteiger partial charge on any atom is 0.269 e. The van der Waals surface area contributed by atoms with Gasteiger partial charge in [0, 0.05) is 24.2 Å². The lowest BCUT2D eigenvalue weighted by Gasteiger charge is -2.22. The van der Waals surface area contributed by atoms with Gasteiger partial charge in [0.15, 0.2) is 0 Å². The molecule has 0 fully saturated rings. The number of hydrazine groups is 1. The molecule has 9 nitrogen and oxygen atoms in total. The van der Waals surface area contributed by atoms with Gasteiger partial charge in [-0.15, -0.1) is 0 Å². The molecule has 0 heterocycles. The molecule has 2 rings (SSSR count). The third-order valence-corrected chi connectivity index (χ3v) is 7.33. The summed E-state index contributed by atoms with van der Waals surface area (Å²) in [6.07, 6.45) is 0. The summed E-state index contributed by atoms with van der Waals surface area (Å²) in [4.78, 5) is 37.8. The minimum atomic E-state index is -3.74. The highest BCUT2D eigenvalue weighted by Gasteiger charge is 2.27. The largest absolute Gasteiger partial charge is 0.340 e. The Balaban J connectivity index is 2.12. The molecule has 2 aromatic rings. The van der Waals surface area contributed by atoms with Crippen LogP contribution in [0.4, 0.5) is 0 Å². The number of hydrogen-bond donors (Lipinski definition) is 3. The van der Waals surface area contributed by atoms with Crippen molar-refractivity contribution in [2.45, 2.75) is 45.6 Å². The first-order chi connectivity index (χ1) is 16.0. The molecule has 1 atom stereocenters. The van der Waals surface area contributed by atoms with E-state index in [9.17, 15) is 22.8 Å².